The van der Waals surface area contributed by atoms with E-state index in [1.807, 2.05) is 25.1 Å². The standard InChI is InChI=1S/C24H27N5O3/c1-2-31-22-16-19(4-5-21(22)32-17-18-6-12-25-13-7-18)23(30)28-20-8-14-29(15-9-20)24-26-10-3-11-27-24/h3-7,10-13,16,20H,2,8-9,14-15,17H2,1H3,(H,28,30). The maximum atomic E-state index is 12.9. The van der Waals surface area contributed by atoms with Gasteiger partial charge in [-0.1, -0.05) is 0 Å². The fourth-order valence-corrected chi connectivity index (χ4v) is 3.62. The van der Waals surface area contributed by atoms with Crippen molar-refractivity contribution in [3.8, 4) is 11.5 Å². The van der Waals surface area contributed by atoms with E-state index in [2.05, 4.69) is 25.2 Å². The molecule has 166 valence electrons. The van der Waals surface area contributed by atoms with Gasteiger partial charge in [0.1, 0.15) is 6.61 Å². The molecule has 8 nitrogen and oxygen atoms in total. The zero-order chi connectivity index (χ0) is 22.2. The zero-order valence-corrected chi connectivity index (χ0v) is 18.1. The summed E-state index contributed by atoms with van der Waals surface area (Å²) in [7, 11) is 0. The Kier molecular flexibility index (Phi) is 7.12. The lowest BCUT2D eigenvalue weighted by atomic mass is 10.0. The van der Waals surface area contributed by atoms with E-state index in [0.717, 1.165) is 37.4 Å². The van der Waals surface area contributed by atoms with Gasteiger partial charge in [0.05, 0.1) is 6.61 Å². The summed E-state index contributed by atoms with van der Waals surface area (Å²) in [4.78, 5) is 27.6. The number of nitrogens with one attached hydrogen (secondary N) is 1. The van der Waals surface area contributed by atoms with Crippen LogP contribution in [0.3, 0.4) is 0 Å². The molecule has 4 rings (SSSR count). The van der Waals surface area contributed by atoms with Gasteiger partial charge >= 0.3 is 0 Å². The number of anilines is 1. The van der Waals surface area contributed by atoms with E-state index in [1.165, 1.54) is 0 Å². The topological polar surface area (TPSA) is 89.5 Å². The first-order valence-electron chi connectivity index (χ1n) is 10.8. The third-order valence-corrected chi connectivity index (χ3v) is 5.31. The lowest BCUT2D eigenvalue weighted by Crippen LogP contribution is -2.45. The van der Waals surface area contributed by atoms with Crippen LogP contribution in [0, 0.1) is 0 Å². The molecule has 1 saturated heterocycles. The molecule has 0 radical (unpaired) electrons. The molecule has 0 unspecified atom stereocenters. The second-order valence-electron chi connectivity index (χ2n) is 7.52. The molecule has 3 heterocycles. The Balaban J connectivity index is 1.35. The van der Waals surface area contributed by atoms with E-state index < -0.39 is 0 Å². The molecule has 2 aromatic heterocycles. The molecule has 8 heteroatoms. The minimum atomic E-state index is -0.110. The van der Waals surface area contributed by atoms with Gasteiger partial charge in [-0.3, -0.25) is 9.78 Å². The molecule has 1 aromatic carbocycles. The lowest BCUT2D eigenvalue weighted by molar-refractivity contribution is 0.0930. The van der Waals surface area contributed by atoms with Crippen LogP contribution >= 0.6 is 0 Å². The molecule has 1 N–H and O–H groups in total. The van der Waals surface area contributed by atoms with Crippen molar-refractivity contribution in [2.45, 2.75) is 32.4 Å². The van der Waals surface area contributed by atoms with Crippen LogP contribution in [0.1, 0.15) is 35.7 Å². The molecule has 0 spiro atoms. The van der Waals surface area contributed by atoms with Gasteiger partial charge in [0.2, 0.25) is 5.95 Å². The van der Waals surface area contributed by atoms with Gasteiger partial charge in [0.15, 0.2) is 11.5 Å². The number of nitrogens with zero attached hydrogens (tertiary/aromatic N) is 4. The first kappa shape index (κ1) is 21.5. The average Bonchev–Trinajstić information content (AvgIpc) is 2.85. The number of carbonyl (C=O) groups excluding carboxylic acids is 1. The van der Waals surface area contributed by atoms with Crippen molar-refractivity contribution >= 4 is 11.9 Å². The molecule has 32 heavy (non-hydrogen) atoms. The Morgan fingerprint density at radius 2 is 1.78 bits per heavy atom. The van der Waals surface area contributed by atoms with E-state index in [1.54, 1.807) is 43.0 Å². The van der Waals surface area contributed by atoms with E-state index in [0.29, 0.717) is 30.3 Å². The predicted octanol–water partition coefficient (Wildman–Crippen LogP) is 3.25. The van der Waals surface area contributed by atoms with Crippen molar-refractivity contribution < 1.29 is 14.3 Å². The number of hydrogen-bond donors (Lipinski definition) is 1. The average molecular weight is 434 g/mol. The summed E-state index contributed by atoms with van der Waals surface area (Å²) in [5.74, 6) is 1.80. The Hall–Kier alpha value is -3.68. The van der Waals surface area contributed by atoms with Crippen LogP contribution in [0.5, 0.6) is 11.5 Å². The summed E-state index contributed by atoms with van der Waals surface area (Å²) in [6, 6.07) is 11.0. The summed E-state index contributed by atoms with van der Waals surface area (Å²) < 4.78 is 11.6. The van der Waals surface area contributed by atoms with Crippen LogP contribution in [0.15, 0.2) is 61.2 Å². The number of ether oxygens (including phenoxy) is 2. The largest absolute Gasteiger partial charge is 0.490 e. The Morgan fingerprint density at radius 3 is 2.50 bits per heavy atom. The highest BCUT2D eigenvalue weighted by molar-refractivity contribution is 5.95. The first-order chi connectivity index (χ1) is 15.7. The molecule has 1 aliphatic heterocycles. The van der Waals surface area contributed by atoms with Crippen LogP contribution < -0.4 is 19.7 Å². The predicted molar refractivity (Wildman–Crippen MR) is 121 cm³/mol. The fraction of sp³-hybridized carbons (Fsp3) is 0.333. The van der Waals surface area contributed by atoms with Crippen LogP contribution in [-0.2, 0) is 6.61 Å². The van der Waals surface area contributed by atoms with Crippen molar-refractivity contribution in [1.29, 1.82) is 0 Å². The number of carbonyl (C=O) groups is 1. The molecule has 0 bridgehead atoms. The minimum absolute atomic E-state index is 0.110. The van der Waals surface area contributed by atoms with Crippen molar-refractivity contribution in [1.82, 2.24) is 20.3 Å². The number of benzene rings is 1. The molecular weight excluding hydrogens is 406 g/mol. The van der Waals surface area contributed by atoms with Gasteiger partial charge in [-0.05, 0) is 61.7 Å². The van der Waals surface area contributed by atoms with Crippen LogP contribution in [0.25, 0.3) is 0 Å². The molecule has 1 aliphatic rings. The maximum absolute atomic E-state index is 12.9. The quantitative estimate of drug-likeness (QED) is 0.583. The number of aromatic nitrogens is 3. The highest BCUT2D eigenvalue weighted by atomic mass is 16.5. The van der Waals surface area contributed by atoms with Gasteiger partial charge in [0, 0.05) is 49.5 Å². The number of amides is 1. The van der Waals surface area contributed by atoms with E-state index >= 15 is 0 Å². The summed E-state index contributed by atoms with van der Waals surface area (Å²) in [5.41, 5.74) is 1.56. The zero-order valence-electron chi connectivity index (χ0n) is 18.1. The summed E-state index contributed by atoms with van der Waals surface area (Å²) in [6.45, 7) is 4.40. The third-order valence-electron chi connectivity index (χ3n) is 5.31. The second-order valence-corrected chi connectivity index (χ2v) is 7.52. The van der Waals surface area contributed by atoms with Gasteiger partial charge < -0.3 is 19.7 Å². The van der Waals surface area contributed by atoms with Crippen LogP contribution in [0.2, 0.25) is 0 Å². The summed E-state index contributed by atoms with van der Waals surface area (Å²) in [6.07, 6.45) is 8.64. The molecule has 1 amide bonds. The number of rotatable bonds is 8. The minimum Gasteiger partial charge on any atom is -0.490 e. The molecule has 1 fully saturated rings. The molecule has 3 aromatic rings. The Labute approximate surface area is 187 Å². The van der Waals surface area contributed by atoms with Crippen molar-refractivity contribution in [2.24, 2.45) is 0 Å². The Morgan fingerprint density at radius 1 is 1.03 bits per heavy atom. The van der Waals surface area contributed by atoms with Crippen LogP contribution in [-0.4, -0.2) is 46.6 Å². The normalized spacial score (nSPS) is 14.1. The summed E-state index contributed by atoms with van der Waals surface area (Å²) in [5, 5.41) is 3.14. The van der Waals surface area contributed by atoms with Crippen molar-refractivity contribution in [3.05, 3.63) is 72.3 Å². The summed E-state index contributed by atoms with van der Waals surface area (Å²) >= 11 is 0. The second kappa shape index (κ2) is 10.6. The van der Waals surface area contributed by atoms with E-state index in [-0.39, 0.29) is 11.9 Å². The number of pyridine rings is 1. The number of hydrogen-bond acceptors (Lipinski definition) is 7. The van der Waals surface area contributed by atoms with Gasteiger partial charge in [-0.15, -0.1) is 0 Å². The van der Waals surface area contributed by atoms with Crippen molar-refractivity contribution in [3.63, 3.8) is 0 Å². The molecular formula is C24H27N5O3. The Bertz CT molecular complexity index is 1010. The van der Waals surface area contributed by atoms with E-state index in [9.17, 15) is 4.79 Å². The SMILES string of the molecule is CCOc1cc(C(=O)NC2CCN(c3ncccn3)CC2)ccc1OCc1ccncc1. The molecule has 0 aliphatic carbocycles. The molecule has 0 saturated carbocycles. The lowest BCUT2D eigenvalue weighted by Gasteiger charge is -2.32. The molecule has 0 atom stereocenters. The van der Waals surface area contributed by atoms with Crippen molar-refractivity contribution in [2.75, 3.05) is 24.6 Å². The highest BCUT2D eigenvalue weighted by Gasteiger charge is 2.23. The highest BCUT2D eigenvalue weighted by Crippen LogP contribution is 2.29. The number of piperidine rings is 1. The fourth-order valence-electron chi connectivity index (χ4n) is 3.62. The van der Waals surface area contributed by atoms with Crippen LogP contribution in [0.4, 0.5) is 5.95 Å². The van der Waals surface area contributed by atoms with E-state index in [4.69, 9.17) is 9.47 Å². The van der Waals surface area contributed by atoms with Gasteiger partial charge in [-0.25, -0.2) is 9.97 Å². The smallest absolute Gasteiger partial charge is 0.251 e. The maximum Gasteiger partial charge on any atom is 0.251 e. The van der Waals surface area contributed by atoms with Gasteiger partial charge in [0.25, 0.3) is 5.91 Å². The van der Waals surface area contributed by atoms with Gasteiger partial charge in [-0.2, -0.15) is 0 Å². The first-order valence-corrected chi connectivity index (χ1v) is 10.8. The monoisotopic (exact) mass is 433 g/mol. The third kappa shape index (κ3) is 5.51.